The van der Waals surface area contributed by atoms with Gasteiger partial charge in [-0.15, -0.1) is 0 Å². The Morgan fingerprint density at radius 2 is 1.69 bits per heavy atom. The predicted molar refractivity (Wildman–Crippen MR) is 100 cm³/mol. The molecule has 9 heteroatoms. The van der Waals surface area contributed by atoms with Crippen molar-refractivity contribution in [3.63, 3.8) is 0 Å². The summed E-state index contributed by atoms with van der Waals surface area (Å²) in [4.78, 5) is 12.1. The molecular weight excluding hydrogens is 376 g/mol. The van der Waals surface area contributed by atoms with E-state index >= 15 is 0 Å². The number of hydrogen-bond donors (Lipinski definition) is 1. The molecule has 0 saturated carbocycles. The van der Waals surface area contributed by atoms with Crippen LogP contribution >= 0.6 is 0 Å². The zero-order chi connectivity index (χ0) is 19.2. The Kier molecular flexibility index (Phi) is 7.19. The lowest BCUT2D eigenvalue weighted by atomic mass is 10.1. The number of sulfonamides is 1. The number of nitrogens with zero attached hydrogens (tertiary/aromatic N) is 1. The first-order valence-electron chi connectivity index (χ1n) is 8.81. The van der Waals surface area contributed by atoms with Gasteiger partial charge in [0, 0.05) is 31.8 Å². The average molecular weight is 403 g/mol. The summed E-state index contributed by atoms with van der Waals surface area (Å²) in [6, 6.07) is 6.60. The van der Waals surface area contributed by atoms with Crippen LogP contribution < -0.4 is 5.32 Å². The molecule has 146 valence electrons. The molecule has 7 nitrogen and oxygen atoms in total. The Morgan fingerprint density at radius 3 is 2.27 bits per heavy atom. The summed E-state index contributed by atoms with van der Waals surface area (Å²) in [7, 11) is -6.50. The monoisotopic (exact) mass is 402 g/mol. The highest BCUT2D eigenvalue weighted by Crippen LogP contribution is 2.21. The van der Waals surface area contributed by atoms with Crippen LogP contribution in [0.4, 0.5) is 0 Å². The lowest BCUT2D eigenvalue weighted by Gasteiger charge is -2.15. The van der Waals surface area contributed by atoms with Crippen molar-refractivity contribution < 1.29 is 21.6 Å². The number of carbonyl (C=O) groups excluding carboxylic acids is 1. The molecule has 1 fully saturated rings. The van der Waals surface area contributed by atoms with Gasteiger partial charge in [0.05, 0.1) is 10.6 Å². The normalized spacial score (nSPS) is 15.9. The lowest BCUT2D eigenvalue weighted by Crippen LogP contribution is -2.29. The number of rotatable bonds is 9. The highest BCUT2D eigenvalue weighted by atomic mass is 32.2. The summed E-state index contributed by atoms with van der Waals surface area (Å²) >= 11 is 0. The minimum atomic E-state index is -3.42. The van der Waals surface area contributed by atoms with Crippen molar-refractivity contribution in [1.29, 1.82) is 0 Å². The Labute approximate surface area is 155 Å². The van der Waals surface area contributed by atoms with E-state index in [1.807, 2.05) is 0 Å². The van der Waals surface area contributed by atoms with Gasteiger partial charge in [-0.2, -0.15) is 4.31 Å². The van der Waals surface area contributed by atoms with Gasteiger partial charge in [-0.05, 0) is 37.0 Å². The molecule has 0 unspecified atom stereocenters. The molecule has 0 bridgehead atoms. The van der Waals surface area contributed by atoms with E-state index in [0.717, 1.165) is 18.4 Å². The van der Waals surface area contributed by atoms with Gasteiger partial charge in [0.25, 0.3) is 0 Å². The van der Waals surface area contributed by atoms with Gasteiger partial charge in [-0.1, -0.05) is 19.1 Å². The Morgan fingerprint density at radius 1 is 1.08 bits per heavy atom. The predicted octanol–water partition coefficient (Wildman–Crippen LogP) is 0.955. The molecule has 0 radical (unpaired) electrons. The van der Waals surface area contributed by atoms with Crippen molar-refractivity contribution in [3.05, 3.63) is 29.8 Å². The molecule has 26 heavy (non-hydrogen) atoms. The van der Waals surface area contributed by atoms with E-state index in [1.54, 1.807) is 31.2 Å². The molecule has 0 aliphatic carbocycles. The summed E-state index contributed by atoms with van der Waals surface area (Å²) in [5.74, 6) is -0.210. The fourth-order valence-electron chi connectivity index (χ4n) is 2.74. The Bertz CT molecular complexity index is 811. The molecule has 1 N–H and O–H groups in total. The molecule has 0 aromatic heterocycles. The van der Waals surface area contributed by atoms with E-state index in [9.17, 15) is 21.6 Å². The third kappa shape index (κ3) is 5.78. The molecule has 1 saturated heterocycles. The molecule has 0 spiro atoms. The minimum Gasteiger partial charge on any atom is -0.355 e. The van der Waals surface area contributed by atoms with E-state index in [2.05, 4.69) is 5.32 Å². The standard InChI is InChI=1S/C17H26N2O5S2/c1-2-25(21,22)14-11-18-17(20)10-7-15-5-8-16(9-6-15)26(23,24)19-12-3-4-13-19/h5-6,8-9H,2-4,7,10-14H2,1H3,(H,18,20). The SMILES string of the molecule is CCS(=O)(=O)CCNC(=O)CCc1ccc(S(=O)(=O)N2CCCC2)cc1. The number of benzene rings is 1. The summed E-state index contributed by atoms with van der Waals surface area (Å²) < 4.78 is 49.1. The Balaban J connectivity index is 1.83. The first kappa shape index (κ1) is 20.9. The summed E-state index contributed by atoms with van der Waals surface area (Å²) in [6.07, 6.45) is 2.48. The average Bonchev–Trinajstić information content (AvgIpc) is 3.16. The van der Waals surface area contributed by atoms with Crippen LogP contribution in [-0.4, -0.2) is 58.2 Å². The minimum absolute atomic E-state index is 0.0572. The lowest BCUT2D eigenvalue weighted by molar-refractivity contribution is -0.120. The molecule has 1 aliphatic heterocycles. The number of carbonyl (C=O) groups is 1. The van der Waals surface area contributed by atoms with Crippen LogP contribution in [0.5, 0.6) is 0 Å². The zero-order valence-corrected chi connectivity index (χ0v) is 16.6. The van der Waals surface area contributed by atoms with Crippen LogP contribution in [0.2, 0.25) is 0 Å². The van der Waals surface area contributed by atoms with Gasteiger partial charge < -0.3 is 5.32 Å². The van der Waals surface area contributed by atoms with Crippen LogP contribution in [-0.2, 0) is 31.1 Å². The quantitative estimate of drug-likeness (QED) is 0.663. The number of nitrogens with one attached hydrogen (secondary N) is 1. The smallest absolute Gasteiger partial charge is 0.243 e. The van der Waals surface area contributed by atoms with E-state index in [1.165, 1.54) is 4.31 Å². The first-order chi connectivity index (χ1) is 12.2. The second-order valence-electron chi connectivity index (χ2n) is 6.34. The molecule has 1 heterocycles. The van der Waals surface area contributed by atoms with Crippen molar-refractivity contribution in [3.8, 4) is 0 Å². The Hall–Kier alpha value is -1.45. The van der Waals surface area contributed by atoms with Crippen molar-refractivity contribution in [2.75, 3.05) is 31.1 Å². The fraction of sp³-hybridized carbons (Fsp3) is 0.588. The largest absolute Gasteiger partial charge is 0.355 e. The van der Waals surface area contributed by atoms with Crippen LogP contribution in [0.25, 0.3) is 0 Å². The summed E-state index contributed by atoms with van der Waals surface area (Å²) in [6.45, 7) is 2.82. The van der Waals surface area contributed by atoms with Crippen LogP contribution in [0.15, 0.2) is 29.2 Å². The van der Waals surface area contributed by atoms with Crippen molar-refractivity contribution in [1.82, 2.24) is 9.62 Å². The van der Waals surface area contributed by atoms with Crippen LogP contribution in [0.1, 0.15) is 31.7 Å². The van der Waals surface area contributed by atoms with Gasteiger partial charge in [-0.3, -0.25) is 4.79 Å². The van der Waals surface area contributed by atoms with Crippen LogP contribution in [0.3, 0.4) is 0 Å². The number of sulfone groups is 1. The number of amides is 1. The molecular formula is C17H26N2O5S2. The van der Waals surface area contributed by atoms with Crippen molar-refractivity contribution in [2.24, 2.45) is 0 Å². The second-order valence-corrected chi connectivity index (χ2v) is 10.8. The molecule has 2 rings (SSSR count). The van der Waals surface area contributed by atoms with Gasteiger partial charge in [-0.25, -0.2) is 16.8 Å². The van der Waals surface area contributed by atoms with Gasteiger partial charge in [0.2, 0.25) is 15.9 Å². The fourth-order valence-corrected chi connectivity index (χ4v) is 4.96. The zero-order valence-electron chi connectivity index (χ0n) is 15.0. The molecule has 0 atom stereocenters. The van der Waals surface area contributed by atoms with Gasteiger partial charge in [0.1, 0.15) is 0 Å². The maximum Gasteiger partial charge on any atom is 0.243 e. The van der Waals surface area contributed by atoms with Crippen molar-refractivity contribution in [2.45, 2.75) is 37.5 Å². The van der Waals surface area contributed by atoms with E-state index in [-0.39, 0.29) is 35.3 Å². The van der Waals surface area contributed by atoms with E-state index in [4.69, 9.17) is 0 Å². The third-order valence-electron chi connectivity index (χ3n) is 4.44. The highest BCUT2D eigenvalue weighted by molar-refractivity contribution is 7.91. The maximum absolute atomic E-state index is 12.4. The number of hydrogen-bond acceptors (Lipinski definition) is 5. The second kappa shape index (κ2) is 8.96. The molecule has 1 aromatic rings. The number of aryl methyl sites for hydroxylation is 1. The topological polar surface area (TPSA) is 101 Å². The third-order valence-corrected chi connectivity index (χ3v) is 8.06. The van der Waals surface area contributed by atoms with E-state index < -0.39 is 19.9 Å². The van der Waals surface area contributed by atoms with Gasteiger partial charge in [0.15, 0.2) is 9.84 Å². The van der Waals surface area contributed by atoms with Gasteiger partial charge >= 0.3 is 0 Å². The maximum atomic E-state index is 12.4. The van der Waals surface area contributed by atoms with E-state index in [0.29, 0.717) is 19.5 Å². The highest BCUT2D eigenvalue weighted by Gasteiger charge is 2.26. The summed E-state index contributed by atoms with van der Waals surface area (Å²) in [5.41, 5.74) is 0.863. The first-order valence-corrected chi connectivity index (χ1v) is 12.1. The van der Waals surface area contributed by atoms with Crippen molar-refractivity contribution >= 4 is 25.8 Å². The molecule has 1 amide bonds. The molecule has 1 aliphatic rings. The molecule has 1 aromatic carbocycles. The van der Waals surface area contributed by atoms with Crippen LogP contribution in [0, 0.1) is 0 Å². The summed E-state index contributed by atoms with van der Waals surface area (Å²) in [5, 5.41) is 2.60.